The van der Waals surface area contributed by atoms with Gasteiger partial charge in [-0.25, -0.2) is 0 Å². The van der Waals surface area contributed by atoms with E-state index in [0.717, 1.165) is 0 Å². The van der Waals surface area contributed by atoms with Crippen molar-refractivity contribution in [1.29, 1.82) is 0 Å². The monoisotopic (exact) mass is 162 g/mol. The Kier molecular flexibility index (Phi) is 4.10. The fourth-order valence-electron chi connectivity index (χ4n) is 0.792. The average molecular weight is 162 g/mol. The zero-order chi connectivity index (χ0) is 7.56. The normalized spacial score (nSPS) is 35.7. The molecule has 2 unspecified atom stereocenters. The van der Waals surface area contributed by atoms with Crippen molar-refractivity contribution in [3.8, 4) is 0 Å². The lowest BCUT2D eigenvalue weighted by molar-refractivity contribution is -0.0808. The van der Waals surface area contributed by atoms with Crippen molar-refractivity contribution in [3.63, 3.8) is 0 Å². The molecule has 3 N–H and O–H groups in total. The molecule has 0 spiro atoms. The van der Waals surface area contributed by atoms with Crippen LogP contribution in [0, 0.1) is 0 Å². The van der Waals surface area contributed by atoms with Gasteiger partial charge < -0.3 is 20.1 Å². The minimum Gasteiger partial charge on any atom is -0.493 e. The molecular formula is C7H14O4. The first-order chi connectivity index (χ1) is 4.75. The van der Waals surface area contributed by atoms with Gasteiger partial charge in [0.25, 0.3) is 0 Å². The van der Waals surface area contributed by atoms with Crippen LogP contribution in [0.15, 0.2) is 12.3 Å². The maximum atomic E-state index is 9.05. The van der Waals surface area contributed by atoms with Gasteiger partial charge in [0.2, 0.25) is 0 Å². The average Bonchev–Trinajstić information content (AvgIpc) is 1.95. The van der Waals surface area contributed by atoms with Crippen molar-refractivity contribution >= 4 is 0 Å². The third-order valence-corrected chi connectivity index (χ3v) is 1.44. The van der Waals surface area contributed by atoms with Gasteiger partial charge in [0.05, 0.1) is 12.9 Å². The number of aliphatic hydroxyl groups is 3. The van der Waals surface area contributed by atoms with E-state index >= 15 is 0 Å². The third-order valence-electron chi connectivity index (χ3n) is 1.44. The van der Waals surface area contributed by atoms with Crippen LogP contribution in [-0.4, -0.2) is 40.2 Å². The zero-order valence-corrected chi connectivity index (χ0v) is 5.34. The Bertz CT molecular complexity index is 134. The molecule has 3 atom stereocenters. The van der Waals surface area contributed by atoms with E-state index in [1.807, 2.05) is 0 Å². The van der Waals surface area contributed by atoms with Gasteiger partial charge in [-0.05, 0) is 6.08 Å². The fraction of sp³-hybridized carbons (Fsp3) is 0.714. The van der Waals surface area contributed by atoms with Crippen molar-refractivity contribution in [2.75, 3.05) is 6.61 Å². The number of aliphatic hydroxyl groups excluding tert-OH is 3. The molecule has 0 aromatic heterocycles. The summed E-state index contributed by atoms with van der Waals surface area (Å²) < 4.78 is 4.77. The summed E-state index contributed by atoms with van der Waals surface area (Å²) in [5, 5.41) is 26.6. The van der Waals surface area contributed by atoms with Crippen LogP contribution in [0.5, 0.6) is 0 Å². The summed E-state index contributed by atoms with van der Waals surface area (Å²) >= 11 is 0. The molecule has 0 saturated carbocycles. The molecule has 1 rings (SSSR count). The van der Waals surface area contributed by atoms with Crippen LogP contribution in [0.3, 0.4) is 0 Å². The summed E-state index contributed by atoms with van der Waals surface area (Å²) in [4.78, 5) is 0. The summed E-state index contributed by atoms with van der Waals surface area (Å²) in [7, 11) is 0. The second-order valence-electron chi connectivity index (χ2n) is 2.17. The SMILES string of the molecule is C.OCC1OC=CC(O)[C@@H]1O. The molecule has 4 heteroatoms. The van der Waals surface area contributed by atoms with E-state index in [1.165, 1.54) is 12.3 Å². The van der Waals surface area contributed by atoms with Crippen molar-refractivity contribution < 1.29 is 20.1 Å². The van der Waals surface area contributed by atoms with Gasteiger partial charge in [-0.1, -0.05) is 7.43 Å². The van der Waals surface area contributed by atoms with Crippen LogP contribution in [0.2, 0.25) is 0 Å². The molecule has 0 bridgehead atoms. The number of ether oxygens (including phenoxy) is 1. The number of hydrogen-bond acceptors (Lipinski definition) is 4. The van der Waals surface area contributed by atoms with Crippen molar-refractivity contribution in [2.45, 2.75) is 25.7 Å². The Hall–Kier alpha value is -0.580. The first-order valence-corrected chi connectivity index (χ1v) is 3.05. The number of rotatable bonds is 1. The van der Waals surface area contributed by atoms with Gasteiger partial charge in [0.1, 0.15) is 18.3 Å². The molecule has 1 aliphatic heterocycles. The lowest BCUT2D eigenvalue weighted by Crippen LogP contribution is -2.42. The van der Waals surface area contributed by atoms with Crippen LogP contribution in [0.4, 0.5) is 0 Å². The van der Waals surface area contributed by atoms with E-state index < -0.39 is 18.3 Å². The van der Waals surface area contributed by atoms with Gasteiger partial charge in [-0.3, -0.25) is 0 Å². The third kappa shape index (κ3) is 2.18. The Morgan fingerprint density at radius 2 is 2.00 bits per heavy atom. The van der Waals surface area contributed by atoms with Gasteiger partial charge in [0.15, 0.2) is 0 Å². The highest BCUT2D eigenvalue weighted by Gasteiger charge is 2.27. The Morgan fingerprint density at radius 3 is 2.45 bits per heavy atom. The Labute approximate surface area is 65.7 Å². The van der Waals surface area contributed by atoms with E-state index in [4.69, 9.17) is 20.1 Å². The maximum Gasteiger partial charge on any atom is 0.149 e. The van der Waals surface area contributed by atoms with E-state index in [-0.39, 0.29) is 14.0 Å². The second-order valence-corrected chi connectivity index (χ2v) is 2.17. The van der Waals surface area contributed by atoms with Crippen molar-refractivity contribution in [3.05, 3.63) is 12.3 Å². The van der Waals surface area contributed by atoms with Crippen LogP contribution in [-0.2, 0) is 4.74 Å². The molecule has 0 aromatic rings. The summed E-state index contributed by atoms with van der Waals surface area (Å²) in [6.45, 7) is -0.289. The smallest absolute Gasteiger partial charge is 0.149 e. The first-order valence-electron chi connectivity index (χ1n) is 3.05. The van der Waals surface area contributed by atoms with E-state index in [2.05, 4.69) is 0 Å². The lowest BCUT2D eigenvalue weighted by atomic mass is 10.1. The summed E-state index contributed by atoms with van der Waals surface area (Å²) in [6.07, 6.45) is -0.0318. The number of hydrogen-bond donors (Lipinski definition) is 3. The van der Waals surface area contributed by atoms with Crippen molar-refractivity contribution in [2.24, 2.45) is 0 Å². The molecule has 0 aliphatic carbocycles. The molecule has 0 radical (unpaired) electrons. The lowest BCUT2D eigenvalue weighted by Gasteiger charge is -2.26. The quantitative estimate of drug-likeness (QED) is 0.474. The maximum absolute atomic E-state index is 9.05. The molecule has 11 heavy (non-hydrogen) atoms. The van der Waals surface area contributed by atoms with Crippen LogP contribution in [0.1, 0.15) is 7.43 Å². The van der Waals surface area contributed by atoms with Crippen LogP contribution >= 0.6 is 0 Å². The largest absolute Gasteiger partial charge is 0.493 e. The summed E-state index contributed by atoms with van der Waals surface area (Å²) in [5.74, 6) is 0. The molecule has 1 aliphatic rings. The van der Waals surface area contributed by atoms with Gasteiger partial charge >= 0.3 is 0 Å². The summed E-state index contributed by atoms with van der Waals surface area (Å²) in [5.41, 5.74) is 0. The van der Waals surface area contributed by atoms with Gasteiger partial charge in [-0.15, -0.1) is 0 Å². The summed E-state index contributed by atoms with van der Waals surface area (Å²) in [6, 6.07) is 0. The standard InChI is InChI=1S/C6H10O4.CH4/c7-3-5-6(9)4(8)1-2-10-5;/h1-2,4-9H,3H2;1H4/t4?,5?,6-;/m0./s1. The molecule has 0 fully saturated rings. The Balaban J connectivity index is 0.000001000. The Morgan fingerprint density at radius 1 is 1.36 bits per heavy atom. The fourth-order valence-corrected chi connectivity index (χ4v) is 0.792. The predicted octanol–water partition coefficient (Wildman–Crippen LogP) is -0.751. The molecular weight excluding hydrogens is 148 g/mol. The topological polar surface area (TPSA) is 69.9 Å². The molecule has 0 amide bonds. The molecule has 0 saturated heterocycles. The molecule has 66 valence electrons. The van der Waals surface area contributed by atoms with Gasteiger partial charge in [0, 0.05) is 0 Å². The highest BCUT2D eigenvalue weighted by atomic mass is 16.5. The highest BCUT2D eigenvalue weighted by Crippen LogP contribution is 2.10. The van der Waals surface area contributed by atoms with Gasteiger partial charge in [-0.2, -0.15) is 0 Å². The molecule has 1 heterocycles. The van der Waals surface area contributed by atoms with Crippen molar-refractivity contribution in [1.82, 2.24) is 0 Å². The minimum atomic E-state index is -1.02. The first kappa shape index (κ1) is 10.4. The van der Waals surface area contributed by atoms with E-state index in [9.17, 15) is 0 Å². The zero-order valence-electron chi connectivity index (χ0n) is 5.34. The predicted molar refractivity (Wildman–Crippen MR) is 39.8 cm³/mol. The van der Waals surface area contributed by atoms with Crippen LogP contribution < -0.4 is 0 Å². The van der Waals surface area contributed by atoms with E-state index in [1.54, 1.807) is 0 Å². The van der Waals surface area contributed by atoms with Crippen LogP contribution in [0.25, 0.3) is 0 Å². The van der Waals surface area contributed by atoms with E-state index in [0.29, 0.717) is 0 Å². The molecule has 0 aromatic carbocycles. The highest BCUT2D eigenvalue weighted by molar-refractivity contribution is 4.96. The second kappa shape index (κ2) is 4.33. The minimum absolute atomic E-state index is 0. The molecule has 4 nitrogen and oxygen atoms in total.